The number of benzene rings is 1. The average Bonchev–Trinajstić information content (AvgIpc) is 1.98. The molecule has 1 aromatic rings. The summed E-state index contributed by atoms with van der Waals surface area (Å²) >= 11 is 0. The summed E-state index contributed by atoms with van der Waals surface area (Å²) in [7, 11) is 0. The molecule has 0 aliphatic rings. The van der Waals surface area contributed by atoms with Crippen molar-refractivity contribution in [1.82, 2.24) is 5.32 Å². The third-order valence-corrected chi connectivity index (χ3v) is 1.65. The van der Waals surface area contributed by atoms with Crippen LogP contribution in [0.25, 0.3) is 0 Å². The molecule has 0 spiro atoms. The van der Waals surface area contributed by atoms with Gasteiger partial charge < -0.3 is 15.5 Å². The van der Waals surface area contributed by atoms with Gasteiger partial charge in [0, 0.05) is 17.2 Å². The molecule has 0 aromatic heterocycles. The van der Waals surface area contributed by atoms with Gasteiger partial charge in [-0.1, -0.05) is 0 Å². The Bertz CT molecular complexity index is 360. The Morgan fingerprint density at radius 2 is 1.60 bits per heavy atom. The van der Waals surface area contributed by atoms with Crippen molar-refractivity contribution in [2.75, 3.05) is 0 Å². The maximum atomic E-state index is 11.6. The zero-order valence-corrected chi connectivity index (χ0v) is 9.03. The minimum atomic E-state index is -0.349. The molecule has 0 fully saturated rings. The zero-order chi connectivity index (χ0) is 11.6. The van der Waals surface area contributed by atoms with Crippen molar-refractivity contribution in [3.05, 3.63) is 23.8 Å². The lowest BCUT2D eigenvalue weighted by molar-refractivity contribution is 0.0918. The Morgan fingerprint density at radius 1 is 1.13 bits per heavy atom. The molecule has 0 unspecified atom stereocenters. The molecule has 4 nitrogen and oxygen atoms in total. The lowest BCUT2D eigenvalue weighted by atomic mass is 10.1. The van der Waals surface area contributed by atoms with Crippen LogP contribution in [0.2, 0.25) is 0 Å². The summed E-state index contributed by atoms with van der Waals surface area (Å²) in [5.74, 6) is -0.586. The van der Waals surface area contributed by atoms with E-state index in [1.165, 1.54) is 18.2 Å². The molecule has 0 atom stereocenters. The van der Waals surface area contributed by atoms with Gasteiger partial charge in [-0.05, 0) is 32.9 Å². The van der Waals surface area contributed by atoms with E-state index in [0.29, 0.717) is 0 Å². The van der Waals surface area contributed by atoms with Crippen molar-refractivity contribution in [2.24, 2.45) is 0 Å². The molecule has 0 heterocycles. The number of hydrogen-bond donors (Lipinski definition) is 3. The summed E-state index contributed by atoms with van der Waals surface area (Å²) < 4.78 is 0. The van der Waals surface area contributed by atoms with E-state index in [2.05, 4.69) is 5.32 Å². The first-order chi connectivity index (χ1) is 6.78. The van der Waals surface area contributed by atoms with Crippen molar-refractivity contribution >= 4 is 5.91 Å². The maximum absolute atomic E-state index is 11.6. The molecule has 0 bridgehead atoms. The first-order valence-corrected chi connectivity index (χ1v) is 4.63. The molecular weight excluding hydrogens is 194 g/mol. The molecule has 82 valence electrons. The number of aromatic hydroxyl groups is 2. The van der Waals surface area contributed by atoms with Gasteiger partial charge >= 0.3 is 0 Å². The summed E-state index contributed by atoms with van der Waals surface area (Å²) in [5.41, 5.74) is -0.111. The van der Waals surface area contributed by atoms with Gasteiger partial charge in [0.1, 0.15) is 11.5 Å². The molecule has 3 N–H and O–H groups in total. The van der Waals surface area contributed by atoms with Crippen molar-refractivity contribution in [3.63, 3.8) is 0 Å². The highest BCUT2D eigenvalue weighted by molar-refractivity contribution is 5.95. The Balaban J connectivity index is 2.92. The van der Waals surface area contributed by atoms with Crippen LogP contribution in [0.5, 0.6) is 11.5 Å². The van der Waals surface area contributed by atoms with E-state index in [4.69, 9.17) is 0 Å². The molecule has 0 aliphatic heterocycles. The maximum Gasteiger partial charge on any atom is 0.251 e. The van der Waals surface area contributed by atoms with Crippen LogP contribution in [0.4, 0.5) is 0 Å². The molecule has 1 amide bonds. The van der Waals surface area contributed by atoms with E-state index in [1.54, 1.807) is 0 Å². The van der Waals surface area contributed by atoms with Gasteiger partial charge in [-0.25, -0.2) is 0 Å². The summed E-state index contributed by atoms with van der Waals surface area (Å²) in [4.78, 5) is 11.6. The topological polar surface area (TPSA) is 69.6 Å². The summed E-state index contributed by atoms with van der Waals surface area (Å²) in [5, 5.41) is 21.1. The molecule has 15 heavy (non-hydrogen) atoms. The monoisotopic (exact) mass is 209 g/mol. The van der Waals surface area contributed by atoms with Gasteiger partial charge in [-0.3, -0.25) is 4.79 Å². The number of nitrogens with one attached hydrogen (secondary N) is 1. The number of carbonyl (C=O) groups excluding carboxylic acids is 1. The van der Waals surface area contributed by atoms with Crippen LogP contribution < -0.4 is 5.32 Å². The lowest BCUT2D eigenvalue weighted by Gasteiger charge is -2.20. The van der Waals surface area contributed by atoms with Crippen LogP contribution in [-0.4, -0.2) is 21.7 Å². The summed E-state index contributed by atoms with van der Waals surface area (Å²) in [6.45, 7) is 5.56. The fourth-order valence-electron chi connectivity index (χ4n) is 1.14. The SMILES string of the molecule is CC(C)(C)NC(=O)c1cc(O)cc(O)c1. The van der Waals surface area contributed by atoms with Crippen LogP contribution in [0, 0.1) is 0 Å². The van der Waals surface area contributed by atoms with Crippen LogP contribution in [0.3, 0.4) is 0 Å². The molecule has 1 rings (SSSR count). The fourth-order valence-corrected chi connectivity index (χ4v) is 1.14. The second kappa shape index (κ2) is 3.81. The number of amides is 1. The minimum Gasteiger partial charge on any atom is -0.508 e. The van der Waals surface area contributed by atoms with Gasteiger partial charge in [-0.15, -0.1) is 0 Å². The van der Waals surface area contributed by atoms with Crippen LogP contribution >= 0.6 is 0 Å². The molecule has 0 saturated heterocycles. The van der Waals surface area contributed by atoms with Crippen molar-refractivity contribution in [1.29, 1.82) is 0 Å². The molecule has 1 aromatic carbocycles. The standard InChI is InChI=1S/C11H15NO3/c1-11(2,3)12-10(15)7-4-8(13)6-9(14)5-7/h4-6,13-14H,1-3H3,(H,12,15). The normalized spacial score (nSPS) is 11.1. The van der Waals surface area contributed by atoms with E-state index in [0.717, 1.165) is 0 Å². The Morgan fingerprint density at radius 3 is 2.00 bits per heavy atom. The third-order valence-electron chi connectivity index (χ3n) is 1.65. The van der Waals surface area contributed by atoms with Crippen LogP contribution in [-0.2, 0) is 0 Å². The van der Waals surface area contributed by atoms with E-state index < -0.39 is 0 Å². The van der Waals surface area contributed by atoms with Crippen molar-refractivity contribution in [3.8, 4) is 11.5 Å². The fraction of sp³-hybridized carbons (Fsp3) is 0.364. The number of carbonyl (C=O) groups is 1. The predicted molar refractivity (Wildman–Crippen MR) is 57.0 cm³/mol. The summed E-state index contributed by atoms with van der Waals surface area (Å²) in [6.07, 6.45) is 0. The Labute approximate surface area is 88.6 Å². The van der Waals surface area contributed by atoms with E-state index in [-0.39, 0.29) is 28.5 Å². The molecule has 0 aliphatic carbocycles. The van der Waals surface area contributed by atoms with Crippen molar-refractivity contribution < 1.29 is 15.0 Å². The van der Waals surface area contributed by atoms with Gasteiger partial charge in [-0.2, -0.15) is 0 Å². The second-order valence-corrected chi connectivity index (χ2v) is 4.44. The number of hydrogen-bond acceptors (Lipinski definition) is 3. The first kappa shape index (κ1) is 11.4. The van der Waals surface area contributed by atoms with Gasteiger partial charge in [0.05, 0.1) is 0 Å². The quantitative estimate of drug-likeness (QED) is 0.658. The highest BCUT2D eigenvalue weighted by Crippen LogP contribution is 2.20. The molecule has 0 radical (unpaired) electrons. The van der Waals surface area contributed by atoms with Crippen LogP contribution in [0.15, 0.2) is 18.2 Å². The lowest BCUT2D eigenvalue weighted by Crippen LogP contribution is -2.40. The van der Waals surface area contributed by atoms with Gasteiger partial charge in [0.15, 0.2) is 0 Å². The highest BCUT2D eigenvalue weighted by Gasteiger charge is 2.16. The van der Waals surface area contributed by atoms with E-state index in [1.807, 2.05) is 20.8 Å². The molecular formula is C11H15NO3. The third kappa shape index (κ3) is 3.50. The Hall–Kier alpha value is -1.71. The number of rotatable bonds is 1. The molecule has 0 saturated carbocycles. The predicted octanol–water partition coefficient (Wildman–Crippen LogP) is 1.63. The largest absolute Gasteiger partial charge is 0.508 e. The second-order valence-electron chi connectivity index (χ2n) is 4.44. The van der Waals surface area contributed by atoms with Crippen LogP contribution in [0.1, 0.15) is 31.1 Å². The molecule has 4 heteroatoms. The number of phenolic OH excluding ortho intramolecular Hbond substituents is 2. The van der Waals surface area contributed by atoms with Gasteiger partial charge in [0.25, 0.3) is 5.91 Å². The van der Waals surface area contributed by atoms with E-state index in [9.17, 15) is 15.0 Å². The smallest absolute Gasteiger partial charge is 0.251 e. The summed E-state index contributed by atoms with van der Waals surface area (Å²) in [6, 6.07) is 3.79. The Kier molecular flexibility index (Phi) is 2.88. The highest BCUT2D eigenvalue weighted by atomic mass is 16.3. The van der Waals surface area contributed by atoms with Gasteiger partial charge in [0.2, 0.25) is 0 Å². The number of phenols is 2. The van der Waals surface area contributed by atoms with E-state index >= 15 is 0 Å². The zero-order valence-electron chi connectivity index (χ0n) is 9.03. The van der Waals surface area contributed by atoms with Crippen molar-refractivity contribution in [2.45, 2.75) is 26.3 Å². The minimum absolute atomic E-state index is 0.131. The first-order valence-electron chi connectivity index (χ1n) is 4.63. The average molecular weight is 209 g/mol.